The number of nitrogens with zero attached hydrogens (tertiary/aromatic N) is 2. The first-order valence-corrected chi connectivity index (χ1v) is 5.63. The van der Waals surface area contributed by atoms with Crippen LogP contribution in [0.4, 0.5) is 4.79 Å². The van der Waals surface area contributed by atoms with Crippen LogP contribution in [0.2, 0.25) is 0 Å². The number of hydrazine groups is 2. The molecule has 2 heterocycles. The number of hydrogen-bond donors (Lipinski definition) is 2. The zero-order valence-electron chi connectivity index (χ0n) is 6.45. The van der Waals surface area contributed by atoms with Crippen LogP contribution in [0.1, 0.15) is 0 Å². The zero-order chi connectivity index (χ0) is 8.39. The number of hydrogen-bond acceptors (Lipinski definition) is 5. The van der Waals surface area contributed by atoms with Crippen molar-refractivity contribution in [3.05, 3.63) is 0 Å². The Morgan fingerprint density at radius 3 is 1.92 bits per heavy atom. The van der Waals surface area contributed by atoms with Crippen molar-refractivity contribution in [2.75, 3.05) is 24.6 Å². The first-order chi connectivity index (χ1) is 5.88. The van der Waals surface area contributed by atoms with Crippen LogP contribution in [-0.4, -0.2) is 39.5 Å². The Bertz CT molecular complexity index is 160. The molecule has 2 rings (SSSR count). The van der Waals surface area contributed by atoms with Crippen LogP contribution < -0.4 is 10.9 Å². The maximum absolute atomic E-state index is 11.5. The van der Waals surface area contributed by atoms with Crippen LogP contribution >= 0.6 is 23.9 Å². The summed E-state index contributed by atoms with van der Waals surface area (Å²) >= 11 is 3.03. The van der Waals surface area contributed by atoms with Crippen LogP contribution in [0.15, 0.2) is 0 Å². The monoisotopic (exact) mass is 206 g/mol. The van der Waals surface area contributed by atoms with Gasteiger partial charge in [-0.25, -0.2) is 15.6 Å². The summed E-state index contributed by atoms with van der Waals surface area (Å²) in [6.45, 7) is 1.74. The Kier molecular flexibility index (Phi) is 2.64. The Balaban J connectivity index is 1.89. The van der Waals surface area contributed by atoms with E-state index in [1.165, 1.54) is 23.9 Å². The molecule has 0 aromatic rings. The van der Waals surface area contributed by atoms with Crippen molar-refractivity contribution in [1.29, 1.82) is 0 Å². The van der Waals surface area contributed by atoms with Gasteiger partial charge in [-0.15, -0.1) is 0 Å². The van der Waals surface area contributed by atoms with Crippen molar-refractivity contribution < 1.29 is 4.79 Å². The molecule has 0 atom stereocenters. The van der Waals surface area contributed by atoms with Gasteiger partial charge in [-0.3, -0.25) is 0 Å². The van der Waals surface area contributed by atoms with E-state index >= 15 is 0 Å². The van der Waals surface area contributed by atoms with Crippen LogP contribution in [-0.2, 0) is 0 Å². The van der Waals surface area contributed by atoms with Crippen molar-refractivity contribution in [3.63, 3.8) is 0 Å². The van der Waals surface area contributed by atoms with Crippen molar-refractivity contribution in [3.8, 4) is 0 Å². The standard InChI is InChI=1S/C5H10N4OS2/c10-5(8-6-1-3-11-8)9-7-2-4-12-9/h6-7H,1-4H2. The second kappa shape index (κ2) is 3.73. The molecule has 0 aliphatic carbocycles. The van der Waals surface area contributed by atoms with E-state index in [0.717, 1.165) is 24.6 Å². The van der Waals surface area contributed by atoms with Gasteiger partial charge in [0.05, 0.1) is 0 Å². The fourth-order valence-corrected chi connectivity index (χ4v) is 2.52. The van der Waals surface area contributed by atoms with Gasteiger partial charge in [0.1, 0.15) is 0 Å². The van der Waals surface area contributed by atoms with E-state index in [9.17, 15) is 4.79 Å². The van der Waals surface area contributed by atoms with Gasteiger partial charge in [0.25, 0.3) is 0 Å². The summed E-state index contributed by atoms with van der Waals surface area (Å²) in [5.74, 6) is 1.93. The van der Waals surface area contributed by atoms with Gasteiger partial charge in [0.15, 0.2) is 0 Å². The summed E-state index contributed by atoms with van der Waals surface area (Å²) in [7, 11) is 0. The summed E-state index contributed by atoms with van der Waals surface area (Å²) in [6, 6.07) is -0.0139. The lowest BCUT2D eigenvalue weighted by Gasteiger charge is -2.20. The second-order valence-electron chi connectivity index (χ2n) is 2.35. The number of amides is 2. The van der Waals surface area contributed by atoms with E-state index in [4.69, 9.17) is 0 Å². The normalized spacial score (nSPS) is 23.7. The summed E-state index contributed by atoms with van der Waals surface area (Å²) in [6.07, 6.45) is 0. The molecular weight excluding hydrogens is 196 g/mol. The van der Waals surface area contributed by atoms with Crippen LogP contribution in [0, 0.1) is 0 Å². The Labute approximate surface area is 79.4 Å². The number of carbonyl (C=O) groups is 1. The maximum atomic E-state index is 11.5. The molecule has 2 saturated heterocycles. The average Bonchev–Trinajstić information content (AvgIpc) is 2.77. The van der Waals surface area contributed by atoms with Gasteiger partial charge < -0.3 is 0 Å². The highest BCUT2D eigenvalue weighted by atomic mass is 32.2. The van der Waals surface area contributed by atoms with Gasteiger partial charge in [-0.2, -0.15) is 8.83 Å². The Morgan fingerprint density at radius 2 is 1.58 bits per heavy atom. The minimum atomic E-state index is -0.0139. The van der Waals surface area contributed by atoms with Gasteiger partial charge in [-0.1, -0.05) is 0 Å². The molecule has 68 valence electrons. The minimum Gasteiger partial charge on any atom is -0.243 e. The molecule has 2 fully saturated rings. The van der Waals surface area contributed by atoms with E-state index in [1.54, 1.807) is 8.83 Å². The Hall–Kier alpha value is -0.110. The average molecular weight is 206 g/mol. The lowest BCUT2D eigenvalue weighted by Crippen LogP contribution is -2.43. The lowest BCUT2D eigenvalue weighted by atomic mass is 10.8. The highest BCUT2D eigenvalue weighted by Gasteiger charge is 2.27. The second-order valence-corrected chi connectivity index (χ2v) is 4.42. The molecule has 0 spiro atoms. The molecule has 0 saturated carbocycles. The first kappa shape index (κ1) is 8.49. The number of rotatable bonds is 0. The largest absolute Gasteiger partial charge is 0.369 e. The number of nitrogens with one attached hydrogen (secondary N) is 2. The molecule has 0 aromatic carbocycles. The van der Waals surface area contributed by atoms with E-state index < -0.39 is 0 Å². The molecule has 0 unspecified atom stereocenters. The zero-order valence-corrected chi connectivity index (χ0v) is 8.08. The van der Waals surface area contributed by atoms with Gasteiger partial charge in [-0.05, 0) is 23.9 Å². The maximum Gasteiger partial charge on any atom is 0.369 e. The SMILES string of the molecule is O=C(N1NCCS1)N1NCCS1. The predicted octanol–water partition coefficient (Wildman–Crippen LogP) is 0.0432. The molecule has 0 aromatic heterocycles. The van der Waals surface area contributed by atoms with Crippen molar-refractivity contribution in [1.82, 2.24) is 19.7 Å². The Morgan fingerprint density at radius 1 is 1.08 bits per heavy atom. The molecular formula is C5H10N4OS2. The van der Waals surface area contributed by atoms with Crippen molar-refractivity contribution >= 4 is 29.9 Å². The smallest absolute Gasteiger partial charge is 0.243 e. The topological polar surface area (TPSA) is 47.6 Å². The highest BCUT2D eigenvalue weighted by Crippen LogP contribution is 2.20. The van der Waals surface area contributed by atoms with Gasteiger partial charge in [0.2, 0.25) is 0 Å². The third-order valence-electron chi connectivity index (χ3n) is 1.50. The highest BCUT2D eigenvalue weighted by molar-refractivity contribution is 7.98. The molecule has 2 aliphatic heterocycles. The molecule has 2 N–H and O–H groups in total. The summed E-state index contributed by atoms with van der Waals surface area (Å²) in [4.78, 5) is 11.5. The lowest BCUT2D eigenvalue weighted by molar-refractivity contribution is 0.192. The molecule has 7 heteroatoms. The summed E-state index contributed by atoms with van der Waals surface area (Å²) in [5.41, 5.74) is 5.97. The first-order valence-electron chi connectivity index (χ1n) is 3.75. The molecule has 0 radical (unpaired) electrons. The molecule has 0 bridgehead atoms. The van der Waals surface area contributed by atoms with E-state index in [2.05, 4.69) is 10.9 Å². The summed E-state index contributed by atoms with van der Waals surface area (Å²) < 4.78 is 3.15. The fraction of sp³-hybridized carbons (Fsp3) is 0.800. The predicted molar refractivity (Wildman–Crippen MR) is 50.0 cm³/mol. The van der Waals surface area contributed by atoms with Crippen LogP contribution in [0.3, 0.4) is 0 Å². The quantitative estimate of drug-likeness (QED) is 0.548. The molecule has 2 aliphatic rings. The number of carbonyl (C=O) groups excluding carboxylic acids is 1. The summed E-state index contributed by atoms with van der Waals surface area (Å²) in [5, 5.41) is 0. The molecule has 12 heavy (non-hydrogen) atoms. The third kappa shape index (κ3) is 1.63. The van der Waals surface area contributed by atoms with Gasteiger partial charge in [0, 0.05) is 24.6 Å². The van der Waals surface area contributed by atoms with E-state index in [1.807, 2.05) is 0 Å². The third-order valence-corrected chi connectivity index (χ3v) is 3.36. The van der Waals surface area contributed by atoms with Gasteiger partial charge >= 0.3 is 6.03 Å². The van der Waals surface area contributed by atoms with E-state index in [-0.39, 0.29) is 6.03 Å². The van der Waals surface area contributed by atoms with Crippen molar-refractivity contribution in [2.24, 2.45) is 0 Å². The van der Waals surface area contributed by atoms with Crippen molar-refractivity contribution in [2.45, 2.75) is 0 Å². The fourth-order valence-electron chi connectivity index (χ4n) is 0.988. The minimum absolute atomic E-state index is 0.0139. The van der Waals surface area contributed by atoms with E-state index in [0.29, 0.717) is 0 Å². The van der Waals surface area contributed by atoms with Crippen LogP contribution in [0.5, 0.6) is 0 Å². The van der Waals surface area contributed by atoms with Crippen LogP contribution in [0.25, 0.3) is 0 Å². The molecule has 5 nitrogen and oxygen atoms in total. The molecule has 2 amide bonds. The number of urea groups is 1.